The van der Waals surface area contributed by atoms with E-state index >= 15 is 0 Å². The number of nitrogens with zero attached hydrogens (tertiary/aromatic N) is 1. The normalized spacial score (nSPS) is 22.8. The first kappa shape index (κ1) is 15.8. The van der Waals surface area contributed by atoms with Crippen LogP contribution in [0.25, 0.3) is 0 Å². The van der Waals surface area contributed by atoms with Crippen LogP contribution < -0.4 is 0 Å². The lowest BCUT2D eigenvalue weighted by Crippen LogP contribution is -2.25. The van der Waals surface area contributed by atoms with Gasteiger partial charge in [0.2, 0.25) is 0 Å². The van der Waals surface area contributed by atoms with Gasteiger partial charge in [-0.3, -0.25) is 4.99 Å². The van der Waals surface area contributed by atoms with Crippen LogP contribution in [0.5, 0.6) is 0 Å². The smallest absolute Gasteiger partial charge is 0.109 e. The van der Waals surface area contributed by atoms with Crippen LogP contribution >= 0.6 is 11.2 Å². The Labute approximate surface area is 128 Å². The summed E-state index contributed by atoms with van der Waals surface area (Å²) in [7, 11) is -1.10. The maximum Gasteiger partial charge on any atom is 0.109 e. The Morgan fingerprint density at radius 3 is 2.40 bits per heavy atom. The van der Waals surface area contributed by atoms with Crippen LogP contribution in [-0.2, 0) is 0 Å². The van der Waals surface area contributed by atoms with E-state index in [0.717, 1.165) is 5.69 Å². The highest BCUT2D eigenvalue weighted by Crippen LogP contribution is 2.33. The zero-order valence-corrected chi connectivity index (χ0v) is 15.1. The summed E-state index contributed by atoms with van der Waals surface area (Å²) in [6.45, 7) is 9.48. The van der Waals surface area contributed by atoms with Crippen molar-refractivity contribution in [1.82, 2.24) is 0 Å². The van der Waals surface area contributed by atoms with Crippen molar-refractivity contribution in [2.75, 3.05) is 0 Å². The van der Waals surface area contributed by atoms with Crippen molar-refractivity contribution in [3.05, 3.63) is 29.8 Å². The van der Waals surface area contributed by atoms with Crippen LogP contribution in [0.4, 0.5) is 5.69 Å². The van der Waals surface area contributed by atoms with E-state index in [9.17, 15) is 0 Å². The molecule has 1 aliphatic rings. The van der Waals surface area contributed by atoms with E-state index in [1.807, 2.05) is 0 Å². The number of hydrogen-bond donors (Lipinski definition) is 0. The van der Waals surface area contributed by atoms with Crippen molar-refractivity contribution in [1.29, 1.82) is 0 Å². The maximum absolute atomic E-state index is 5.00. The molecule has 1 aliphatic carbocycles. The SMILES string of the molecule is Cc1ccc(/N=C2\CCCCCC2S[Si](C)(C)C)cc1. The molecule has 1 nitrogen and oxygen atoms in total. The molecule has 0 aliphatic heterocycles. The highest BCUT2D eigenvalue weighted by atomic mass is 32.4. The molecule has 20 heavy (non-hydrogen) atoms. The maximum atomic E-state index is 5.00. The first-order valence-electron chi connectivity index (χ1n) is 7.76. The number of rotatable bonds is 3. The third kappa shape index (κ3) is 5.10. The summed E-state index contributed by atoms with van der Waals surface area (Å²) in [4.78, 5) is 5.00. The largest absolute Gasteiger partial charge is 0.257 e. The molecule has 1 aromatic carbocycles. The molecular formula is C17H27NSSi. The quantitative estimate of drug-likeness (QED) is 0.495. The third-order valence-corrected chi connectivity index (χ3v) is 8.05. The Kier molecular flexibility index (Phi) is 5.50. The van der Waals surface area contributed by atoms with Crippen molar-refractivity contribution >= 4 is 29.8 Å². The molecule has 0 saturated heterocycles. The molecule has 1 aromatic rings. The topological polar surface area (TPSA) is 12.4 Å². The molecule has 2 rings (SSSR count). The van der Waals surface area contributed by atoms with Gasteiger partial charge in [0.1, 0.15) is 7.22 Å². The van der Waals surface area contributed by atoms with Gasteiger partial charge in [0.25, 0.3) is 0 Å². The van der Waals surface area contributed by atoms with Gasteiger partial charge in [0.15, 0.2) is 0 Å². The van der Waals surface area contributed by atoms with Crippen LogP contribution in [-0.4, -0.2) is 18.2 Å². The van der Waals surface area contributed by atoms with E-state index in [1.165, 1.54) is 43.4 Å². The third-order valence-electron chi connectivity index (χ3n) is 3.57. The van der Waals surface area contributed by atoms with Crippen molar-refractivity contribution in [3.63, 3.8) is 0 Å². The van der Waals surface area contributed by atoms with Crippen LogP contribution in [0.3, 0.4) is 0 Å². The minimum Gasteiger partial charge on any atom is -0.257 e. The second kappa shape index (κ2) is 6.95. The fourth-order valence-corrected chi connectivity index (χ4v) is 7.37. The standard InChI is InChI=1S/C17H27NSSi/c1-14-10-12-15(13-11-14)18-16-8-6-5-7-9-17(16)19-20(2,3)4/h10-13,17H,5-9H2,1-4H3/b18-16+. The van der Waals surface area contributed by atoms with E-state index in [4.69, 9.17) is 4.99 Å². The predicted molar refractivity (Wildman–Crippen MR) is 96.1 cm³/mol. The Balaban J connectivity index is 2.21. The van der Waals surface area contributed by atoms with Crippen LogP contribution in [0.1, 0.15) is 37.7 Å². The monoisotopic (exact) mass is 305 g/mol. The molecule has 0 aromatic heterocycles. The Hall–Kier alpha value is -0.543. The lowest BCUT2D eigenvalue weighted by atomic mass is 10.1. The van der Waals surface area contributed by atoms with Gasteiger partial charge in [0, 0.05) is 11.0 Å². The summed E-state index contributed by atoms with van der Waals surface area (Å²) in [5.74, 6) is 0. The second-order valence-electron chi connectivity index (χ2n) is 6.76. The van der Waals surface area contributed by atoms with E-state index in [2.05, 4.69) is 62.0 Å². The van der Waals surface area contributed by atoms with E-state index < -0.39 is 7.22 Å². The minimum absolute atomic E-state index is 0.658. The molecule has 1 fully saturated rings. The molecule has 0 N–H and O–H groups in total. The molecular weight excluding hydrogens is 278 g/mol. The van der Waals surface area contributed by atoms with Gasteiger partial charge in [0.05, 0.1) is 5.69 Å². The van der Waals surface area contributed by atoms with Crippen molar-refractivity contribution < 1.29 is 0 Å². The molecule has 0 spiro atoms. The Morgan fingerprint density at radius 2 is 1.75 bits per heavy atom. The van der Waals surface area contributed by atoms with Crippen molar-refractivity contribution in [2.45, 2.75) is 63.9 Å². The summed E-state index contributed by atoms with van der Waals surface area (Å²) in [5, 5.41) is 0.658. The highest BCUT2D eigenvalue weighted by Gasteiger charge is 2.26. The zero-order chi connectivity index (χ0) is 14.6. The molecule has 0 heterocycles. The minimum atomic E-state index is -1.10. The number of hydrogen-bond acceptors (Lipinski definition) is 2. The number of aliphatic imine (C=N–C) groups is 1. The van der Waals surface area contributed by atoms with Gasteiger partial charge in [-0.2, -0.15) is 11.2 Å². The van der Waals surface area contributed by atoms with Crippen LogP contribution in [0, 0.1) is 6.92 Å². The summed E-state index contributed by atoms with van der Waals surface area (Å²) < 4.78 is 0. The van der Waals surface area contributed by atoms with E-state index in [0.29, 0.717) is 5.25 Å². The van der Waals surface area contributed by atoms with E-state index in [1.54, 1.807) is 0 Å². The molecule has 0 bridgehead atoms. The average Bonchev–Trinajstić information content (AvgIpc) is 2.56. The Morgan fingerprint density at radius 1 is 1.05 bits per heavy atom. The number of aryl methyl sites for hydroxylation is 1. The fraction of sp³-hybridized carbons (Fsp3) is 0.588. The van der Waals surface area contributed by atoms with Gasteiger partial charge in [-0.25, -0.2) is 0 Å². The molecule has 1 unspecified atom stereocenters. The summed E-state index contributed by atoms with van der Waals surface area (Å²) in [6, 6.07) is 8.64. The van der Waals surface area contributed by atoms with Gasteiger partial charge >= 0.3 is 0 Å². The first-order valence-corrected chi connectivity index (χ1v) is 12.9. The average molecular weight is 306 g/mol. The zero-order valence-electron chi connectivity index (χ0n) is 13.3. The summed E-state index contributed by atoms with van der Waals surface area (Å²) in [5.41, 5.74) is 3.88. The van der Waals surface area contributed by atoms with Crippen molar-refractivity contribution in [3.8, 4) is 0 Å². The fourth-order valence-electron chi connectivity index (χ4n) is 2.61. The summed E-state index contributed by atoms with van der Waals surface area (Å²) in [6.07, 6.45) is 6.56. The second-order valence-corrected chi connectivity index (χ2v) is 16.2. The van der Waals surface area contributed by atoms with Gasteiger partial charge in [-0.1, -0.05) is 50.2 Å². The molecule has 110 valence electrons. The number of benzene rings is 1. The first-order chi connectivity index (χ1) is 9.44. The predicted octanol–water partition coefficient (Wildman–Crippen LogP) is 5.97. The van der Waals surface area contributed by atoms with Crippen molar-refractivity contribution in [2.24, 2.45) is 4.99 Å². The Bertz CT molecular complexity index is 459. The van der Waals surface area contributed by atoms with Crippen LogP contribution in [0.2, 0.25) is 19.6 Å². The lowest BCUT2D eigenvalue weighted by Gasteiger charge is -2.24. The molecule has 1 saturated carbocycles. The van der Waals surface area contributed by atoms with E-state index in [-0.39, 0.29) is 0 Å². The van der Waals surface area contributed by atoms with Gasteiger partial charge in [-0.15, -0.1) is 0 Å². The van der Waals surface area contributed by atoms with Gasteiger partial charge < -0.3 is 0 Å². The van der Waals surface area contributed by atoms with Gasteiger partial charge in [-0.05, 0) is 38.3 Å². The highest BCUT2D eigenvalue weighted by molar-refractivity contribution is 8.29. The molecule has 3 heteroatoms. The lowest BCUT2D eigenvalue weighted by molar-refractivity contribution is 0.706. The summed E-state index contributed by atoms with van der Waals surface area (Å²) >= 11 is 2.23. The van der Waals surface area contributed by atoms with Crippen LogP contribution in [0.15, 0.2) is 29.3 Å². The molecule has 0 amide bonds. The molecule has 0 radical (unpaired) electrons. The molecule has 1 atom stereocenters.